The fraction of sp³-hybridized carbons (Fsp3) is 0.500. The van der Waals surface area contributed by atoms with Crippen molar-refractivity contribution in [3.8, 4) is 0 Å². The van der Waals surface area contributed by atoms with Crippen molar-refractivity contribution in [2.24, 2.45) is 17.6 Å². The van der Waals surface area contributed by atoms with Crippen molar-refractivity contribution in [3.63, 3.8) is 0 Å². The first-order valence-electron chi connectivity index (χ1n) is 12.2. The van der Waals surface area contributed by atoms with Gasteiger partial charge in [-0.05, 0) is 54.4 Å². The molecule has 12 heteroatoms. The van der Waals surface area contributed by atoms with E-state index in [1.54, 1.807) is 0 Å². The van der Waals surface area contributed by atoms with Crippen LogP contribution in [0.5, 0.6) is 0 Å². The number of amides is 1. The Morgan fingerprint density at radius 2 is 1.32 bits per heavy atom. The highest BCUT2D eigenvalue weighted by molar-refractivity contribution is 7.91. The fourth-order valence-corrected chi connectivity index (χ4v) is 6.21. The number of carbonyl (C=O) groups is 1. The van der Waals surface area contributed by atoms with Crippen LogP contribution in [0.1, 0.15) is 54.7 Å². The number of carbonyl (C=O) groups excluding carboxylic acids is 1. The molecule has 1 unspecified atom stereocenters. The Kier molecular flexibility index (Phi) is 7.61. The third-order valence-corrected chi connectivity index (χ3v) is 8.90. The largest absolute Gasteiger partial charge is 0.430 e. The summed E-state index contributed by atoms with van der Waals surface area (Å²) in [4.78, 5) is 12.3. The number of hydrogen-bond donors (Lipinski definition) is 1. The zero-order valence-corrected chi connectivity index (χ0v) is 21.0. The van der Waals surface area contributed by atoms with Gasteiger partial charge in [-0.3, -0.25) is 4.79 Å². The third-order valence-electron chi connectivity index (χ3n) is 7.00. The predicted molar refractivity (Wildman–Crippen MR) is 126 cm³/mol. The molecule has 38 heavy (non-hydrogen) atoms. The van der Waals surface area contributed by atoms with E-state index in [-0.39, 0.29) is 40.0 Å². The minimum Gasteiger partial charge on any atom is -0.369 e. The quantitative estimate of drug-likeness (QED) is 0.360. The van der Waals surface area contributed by atoms with E-state index >= 15 is 0 Å². The van der Waals surface area contributed by atoms with Crippen molar-refractivity contribution in [1.29, 1.82) is 0 Å². The number of hydrogen-bond acceptors (Lipinski definition) is 4. The van der Waals surface area contributed by atoms with E-state index in [0.717, 1.165) is 37.8 Å². The second kappa shape index (κ2) is 10.2. The maximum Gasteiger partial charge on any atom is 0.430 e. The summed E-state index contributed by atoms with van der Waals surface area (Å²) in [6, 6.07) is 8.56. The van der Waals surface area contributed by atoms with E-state index in [1.807, 2.05) is 0 Å². The molecule has 2 aliphatic rings. The zero-order chi connectivity index (χ0) is 27.9. The molecule has 2 N–H and O–H groups in total. The summed E-state index contributed by atoms with van der Waals surface area (Å²) in [5, 5.41) is 0. The van der Waals surface area contributed by atoms with Gasteiger partial charge in [0, 0.05) is 12.2 Å². The van der Waals surface area contributed by atoms with Gasteiger partial charge in [-0.25, -0.2) is 8.42 Å². The van der Waals surface area contributed by atoms with Crippen LogP contribution in [0.15, 0.2) is 53.4 Å². The number of nitrogens with two attached hydrogens (primary N) is 1. The summed E-state index contributed by atoms with van der Waals surface area (Å²) in [6.45, 7) is -0.717. The van der Waals surface area contributed by atoms with Crippen molar-refractivity contribution in [1.82, 2.24) is 0 Å². The molecule has 1 atom stereocenters. The molecule has 2 aromatic rings. The molecule has 0 heterocycles. The van der Waals surface area contributed by atoms with Crippen LogP contribution in [0, 0.1) is 11.8 Å². The Balaban J connectivity index is 1.64. The van der Waals surface area contributed by atoms with Crippen molar-refractivity contribution in [2.75, 3.05) is 12.4 Å². The Bertz CT molecular complexity index is 1230. The summed E-state index contributed by atoms with van der Waals surface area (Å²) in [6.07, 6.45) is -8.36. The average Bonchev–Trinajstić information content (AvgIpc) is 3.73. The number of primary amides is 1. The molecule has 2 saturated carbocycles. The average molecular weight is 564 g/mol. The second-order valence-electron chi connectivity index (χ2n) is 10.0. The summed E-state index contributed by atoms with van der Waals surface area (Å²) in [7, 11) is -3.53. The molecule has 2 fully saturated rings. The lowest BCUT2D eigenvalue weighted by Gasteiger charge is -2.37. The summed E-state index contributed by atoms with van der Waals surface area (Å²) in [5.74, 6) is -1.95. The van der Waals surface area contributed by atoms with Gasteiger partial charge in [-0.15, -0.1) is 0 Å². The van der Waals surface area contributed by atoms with Crippen molar-refractivity contribution < 1.29 is 44.3 Å². The lowest BCUT2D eigenvalue weighted by Crippen LogP contribution is -2.56. The first-order chi connectivity index (χ1) is 17.7. The van der Waals surface area contributed by atoms with E-state index in [4.69, 9.17) is 5.73 Å². The van der Waals surface area contributed by atoms with Crippen LogP contribution in [0.4, 0.5) is 26.3 Å². The number of rotatable bonds is 11. The van der Waals surface area contributed by atoms with Crippen LogP contribution >= 0.6 is 0 Å². The van der Waals surface area contributed by atoms with Crippen LogP contribution in [0.3, 0.4) is 0 Å². The molecule has 5 nitrogen and oxygen atoms in total. The van der Waals surface area contributed by atoms with Crippen LogP contribution in [0.2, 0.25) is 0 Å². The van der Waals surface area contributed by atoms with Crippen molar-refractivity contribution in [2.45, 2.75) is 60.9 Å². The topological polar surface area (TPSA) is 86.5 Å². The van der Waals surface area contributed by atoms with Gasteiger partial charge < -0.3 is 10.5 Å². The lowest BCUT2D eigenvalue weighted by atomic mass is 9.86. The van der Waals surface area contributed by atoms with Gasteiger partial charge in [-0.1, -0.05) is 49.2 Å². The minimum absolute atomic E-state index is 0.00987. The molecule has 208 valence electrons. The smallest absolute Gasteiger partial charge is 0.369 e. The standard InChI is InChI=1S/C26H27F6NO4S/c27-25(28,29)24(26(30,31)32,37-14-13-16-1-2-16)20-9-5-18(6-10-20)22(23(33)34)19-7-11-21(12-8-19)38(35,36)15-17-3-4-17/h5-12,16-17,22H,1-4,13-15H2,(H2,33,34). The Morgan fingerprint density at radius 1 is 0.842 bits per heavy atom. The van der Waals surface area contributed by atoms with Crippen LogP contribution in [-0.2, 0) is 25.0 Å². The SMILES string of the molecule is NC(=O)C(c1ccc(C(OCCC2CC2)(C(F)(F)F)C(F)(F)F)cc1)c1ccc(S(=O)(=O)CC2CC2)cc1. The van der Waals surface area contributed by atoms with E-state index < -0.39 is 51.8 Å². The Hall–Kier alpha value is -2.60. The molecule has 0 aliphatic heterocycles. The Morgan fingerprint density at radius 3 is 1.74 bits per heavy atom. The minimum atomic E-state index is -5.80. The number of benzene rings is 2. The fourth-order valence-electron chi connectivity index (χ4n) is 4.51. The summed E-state index contributed by atoms with van der Waals surface area (Å²) in [5.41, 5.74) is 0.112. The molecule has 4 rings (SSSR count). The molecule has 2 aromatic carbocycles. The van der Waals surface area contributed by atoms with E-state index in [2.05, 4.69) is 4.74 Å². The lowest BCUT2D eigenvalue weighted by molar-refractivity contribution is -0.389. The molecule has 0 bridgehead atoms. The highest BCUT2D eigenvalue weighted by atomic mass is 32.2. The summed E-state index contributed by atoms with van der Waals surface area (Å²) >= 11 is 0. The third kappa shape index (κ3) is 5.85. The van der Waals surface area contributed by atoms with E-state index in [0.29, 0.717) is 12.1 Å². The highest BCUT2D eigenvalue weighted by Crippen LogP contribution is 2.53. The molecular weight excluding hydrogens is 536 g/mol. The van der Waals surface area contributed by atoms with Crippen LogP contribution in [0.25, 0.3) is 0 Å². The Labute approximate surface area is 216 Å². The maximum absolute atomic E-state index is 14.0. The summed E-state index contributed by atoms with van der Waals surface area (Å²) < 4.78 is 114. The van der Waals surface area contributed by atoms with E-state index in [9.17, 15) is 39.6 Å². The van der Waals surface area contributed by atoms with E-state index in [1.165, 1.54) is 24.3 Å². The van der Waals surface area contributed by atoms with Gasteiger partial charge in [0.25, 0.3) is 5.60 Å². The van der Waals surface area contributed by atoms with Gasteiger partial charge in [-0.2, -0.15) is 26.3 Å². The van der Waals surface area contributed by atoms with Crippen molar-refractivity contribution >= 4 is 15.7 Å². The van der Waals surface area contributed by atoms with Crippen LogP contribution in [-0.4, -0.2) is 39.0 Å². The van der Waals surface area contributed by atoms with Gasteiger partial charge in [0.05, 0.1) is 16.6 Å². The van der Waals surface area contributed by atoms with Crippen LogP contribution < -0.4 is 5.73 Å². The normalized spacial score (nSPS) is 17.8. The van der Waals surface area contributed by atoms with Crippen molar-refractivity contribution in [3.05, 3.63) is 65.2 Å². The first-order valence-corrected chi connectivity index (χ1v) is 13.8. The number of ether oxygens (including phenoxy) is 1. The molecule has 2 aliphatic carbocycles. The van der Waals surface area contributed by atoms with Gasteiger partial charge in [0.1, 0.15) is 0 Å². The molecular formula is C26H27F6NO4S. The second-order valence-corrected chi connectivity index (χ2v) is 12.0. The molecule has 1 amide bonds. The first kappa shape index (κ1) is 28.4. The molecule has 0 saturated heterocycles. The number of sulfone groups is 1. The highest BCUT2D eigenvalue weighted by Gasteiger charge is 2.73. The number of alkyl halides is 6. The molecule has 0 aromatic heterocycles. The number of halogens is 6. The zero-order valence-electron chi connectivity index (χ0n) is 20.2. The maximum atomic E-state index is 14.0. The van der Waals surface area contributed by atoms with Gasteiger partial charge in [0.2, 0.25) is 5.91 Å². The molecule has 0 spiro atoms. The van der Waals surface area contributed by atoms with Gasteiger partial charge in [0.15, 0.2) is 9.84 Å². The molecule has 0 radical (unpaired) electrons. The van der Waals surface area contributed by atoms with Gasteiger partial charge >= 0.3 is 12.4 Å². The monoisotopic (exact) mass is 563 g/mol. The predicted octanol–water partition coefficient (Wildman–Crippen LogP) is 5.62.